The molecule has 1 aromatic heterocycles. The molecule has 2 fully saturated rings. The number of anilines is 1. The Morgan fingerprint density at radius 3 is 2.79 bits per heavy atom. The van der Waals surface area contributed by atoms with E-state index in [9.17, 15) is 0 Å². The van der Waals surface area contributed by atoms with Gasteiger partial charge in [-0.2, -0.15) is 0 Å². The molecule has 1 saturated heterocycles. The molecule has 0 N–H and O–H groups in total. The SMILES string of the molecule is CCc1cccc(N2CC3(CC3)C2)n1. The monoisotopic (exact) mass is 188 g/mol. The lowest BCUT2D eigenvalue weighted by molar-refractivity contribution is 0.384. The molecule has 0 unspecified atom stereocenters. The molecule has 1 aliphatic heterocycles. The van der Waals surface area contributed by atoms with E-state index in [2.05, 4.69) is 35.0 Å². The molecular weight excluding hydrogens is 172 g/mol. The maximum Gasteiger partial charge on any atom is 0.128 e. The van der Waals surface area contributed by atoms with Crippen LogP contribution in [0, 0.1) is 5.41 Å². The number of nitrogens with zero attached hydrogens (tertiary/aromatic N) is 2. The van der Waals surface area contributed by atoms with Crippen LogP contribution in [0.1, 0.15) is 25.5 Å². The van der Waals surface area contributed by atoms with Gasteiger partial charge in [0.15, 0.2) is 0 Å². The second-order valence-electron chi connectivity index (χ2n) is 4.70. The smallest absolute Gasteiger partial charge is 0.128 e. The topological polar surface area (TPSA) is 16.1 Å². The molecule has 0 radical (unpaired) electrons. The second-order valence-corrected chi connectivity index (χ2v) is 4.70. The van der Waals surface area contributed by atoms with Gasteiger partial charge >= 0.3 is 0 Å². The van der Waals surface area contributed by atoms with E-state index >= 15 is 0 Å². The number of hydrogen-bond donors (Lipinski definition) is 0. The fourth-order valence-corrected chi connectivity index (χ4v) is 2.26. The van der Waals surface area contributed by atoms with Crippen molar-refractivity contribution in [2.24, 2.45) is 5.41 Å². The second kappa shape index (κ2) is 2.72. The molecule has 2 heterocycles. The van der Waals surface area contributed by atoms with Gasteiger partial charge in [-0.3, -0.25) is 0 Å². The Kier molecular flexibility index (Phi) is 1.61. The quantitative estimate of drug-likeness (QED) is 0.707. The molecule has 3 rings (SSSR count). The highest BCUT2D eigenvalue weighted by Gasteiger charge is 2.52. The Morgan fingerprint density at radius 1 is 1.36 bits per heavy atom. The van der Waals surface area contributed by atoms with Crippen molar-refractivity contribution in [1.29, 1.82) is 0 Å². The van der Waals surface area contributed by atoms with E-state index in [-0.39, 0.29) is 0 Å². The van der Waals surface area contributed by atoms with Crippen molar-refractivity contribution in [3.63, 3.8) is 0 Å². The zero-order valence-corrected chi connectivity index (χ0v) is 8.66. The summed E-state index contributed by atoms with van der Waals surface area (Å²) in [5, 5.41) is 0. The normalized spacial score (nSPS) is 22.2. The minimum atomic E-state index is 0.726. The van der Waals surface area contributed by atoms with E-state index in [4.69, 9.17) is 0 Å². The molecule has 0 aromatic carbocycles. The van der Waals surface area contributed by atoms with Gasteiger partial charge in [0.2, 0.25) is 0 Å². The first-order valence-electron chi connectivity index (χ1n) is 5.52. The minimum absolute atomic E-state index is 0.726. The third kappa shape index (κ3) is 1.21. The molecule has 0 atom stereocenters. The summed E-state index contributed by atoms with van der Waals surface area (Å²) in [6, 6.07) is 6.36. The predicted octanol–water partition coefficient (Wildman–Crippen LogP) is 2.24. The Balaban J connectivity index is 1.76. The highest BCUT2D eigenvalue weighted by atomic mass is 15.3. The molecule has 14 heavy (non-hydrogen) atoms. The van der Waals surface area contributed by atoms with Crippen LogP contribution in [0.4, 0.5) is 5.82 Å². The molecule has 1 aliphatic carbocycles. The van der Waals surface area contributed by atoms with Crippen LogP contribution in [0.2, 0.25) is 0 Å². The summed E-state index contributed by atoms with van der Waals surface area (Å²) in [7, 11) is 0. The van der Waals surface area contributed by atoms with E-state index < -0.39 is 0 Å². The molecule has 2 aliphatic rings. The van der Waals surface area contributed by atoms with Gasteiger partial charge < -0.3 is 4.90 Å². The standard InChI is InChI=1S/C12H16N2/c1-2-10-4-3-5-11(13-10)14-8-12(9-14)6-7-12/h3-5H,2,6-9H2,1H3. The number of rotatable bonds is 2. The van der Waals surface area contributed by atoms with Gasteiger partial charge in [0.25, 0.3) is 0 Å². The highest BCUT2D eigenvalue weighted by Crippen LogP contribution is 2.53. The number of hydrogen-bond acceptors (Lipinski definition) is 2. The number of aromatic nitrogens is 1. The Morgan fingerprint density at radius 2 is 2.14 bits per heavy atom. The van der Waals surface area contributed by atoms with Gasteiger partial charge in [-0.05, 0) is 31.4 Å². The summed E-state index contributed by atoms with van der Waals surface area (Å²) in [5.74, 6) is 1.18. The number of pyridine rings is 1. The molecule has 1 aromatic rings. The van der Waals surface area contributed by atoms with Gasteiger partial charge in [0.1, 0.15) is 5.82 Å². The van der Waals surface area contributed by atoms with Crippen molar-refractivity contribution in [1.82, 2.24) is 4.98 Å². The van der Waals surface area contributed by atoms with Gasteiger partial charge in [0.05, 0.1) is 0 Å². The van der Waals surface area contributed by atoms with Crippen LogP contribution in [0.25, 0.3) is 0 Å². The van der Waals surface area contributed by atoms with Crippen LogP contribution in [-0.2, 0) is 6.42 Å². The summed E-state index contributed by atoms with van der Waals surface area (Å²) in [5.41, 5.74) is 1.93. The van der Waals surface area contributed by atoms with E-state index in [1.54, 1.807) is 0 Å². The molecule has 0 amide bonds. The van der Waals surface area contributed by atoms with Crippen LogP contribution in [-0.4, -0.2) is 18.1 Å². The lowest BCUT2D eigenvalue weighted by atomic mass is 9.97. The van der Waals surface area contributed by atoms with Crippen molar-refractivity contribution in [2.75, 3.05) is 18.0 Å². The van der Waals surface area contributed by atoms with Crippen LogP contribution in [0.15, 0.2) is 18.2 Å². The van der Waals surface area contributed by atoms with Gasteiger partial charge in [-0.15, -0.1) is 0 Å². The van der Waals surface area contributed by atoms with Crippen molar-refractivity contribution in [3.8, 4) is 0 Å². The van der Waals surface area contributed by atoms with Gasteiger partial charge in [0, 0.05) is 24.2 Å². The lowest BCUT2D eigenvalue weighted by Gasteiger charge is -2.41. The first kappa shape index (κ1) is 8.27. The highest BCUT2D eigenvalue weighted by molar-refractivity contribution is 5.45. The third-order valence-electron chi connectivity index (χ3n) is 3.49. The van der Waals surface area contributed by atoms with Crippen molar-refractivity contribution in [3.05, 3.63) is 23.9 Å². The zero-order chi connectivity index (χ0) is 9.60. The van der Waals surface area contributed by atoms with Crippen LogP contribution < -0.4 is 4.90 Å². The summed E-state index contributed by atoms with van der Waals surface area (Å²) < 4.78 is 0. The van der Waals surface area contributed by atoms with Crippen LogP contribution in [0.3, 0.4) is 0 Å². The van der Waals surface area contributed by atoms with Gasteiger partial charge in [-0.1, -0.05) is 13.0 Å². The molecular formula is C12H16N2. The number of aryl methyl sites for hydroxylation is 1. The Hall–Kier alpha value is -1.05. The average Bonchev–Trinajstić information content (AvgIpc) is 2.95. The summed E-state index contributed by atoms with van der Waals surface area (Å²) in [4.78, 5) is 7.04. The lowest BCUT2D eigenvalue weighted by Crippen LogP contribution is -2.48. The fourth-order valence-electron chi connectivity index (χ4n) is 2.26. The van der Waals surface area contributed by atoms with Crippen molar-refractivity contribution in [2.45, 2.75) is 26.2 Å². The first-order valence-corrected chi connectivity index (χ1v) is 5.52. The molecule has 2 heteroatoms. The third-order valence-corrected chi connectivity index (χ3v) is 3.49. The average molecular weight is 188 g/mol. The van der Waals surface area contributed by atoms with E-state index in [1.807, 2.05) is 0 Å². The van der Waals surface area contributed by atoms with Gasteiger partial charge in [-0.25, -0.2) is 4.98 Å². The van der Waals surface area contributed by atoms with Crippen molar-refractivity contribution < 1.29 is 0 Å². The maximum atomic E-state index is 4.63. The van der Waals surface area contributed by atoms with E-state index in [1.165, 1.54) is 37.4 Å². The van der Waals surface area contributed by atoms with Crippen molar-refractivity contribution >= 4 is 5.82 Å². The summed E-state index contributed by atoms with van der Waals surface area (Å²) in [6.07, 6.45) is 3.92. The Labute approximate surface area is 85.0 Å². The van der Waals surface area contributed by atoms with E-state index in [0.29, 0.717) is 0 Å². The summed E-state index contributed by atoms with van der Waals surface area (Å²) >= 11 is 0. The molecule has 74 valence electrons. The molecule has 0 bridgehead atoms. The molecule has 1 spiro atoms. The molecule has 2 nitrogen and oxygen atoms in total. The Bertz CT molecular complexity index is 347. The fraction of sp³-hybridized carbons (Fsp3) is 0.583. The molecule has 1 saturated carbocycles. The largest absolute Gasteiger partial charge is 0.355 e. The zero-order valence-electron chi connectivity index (χ0n) is 8.66. The summed E-state index contributed by atoms with van der Waals surface area (Å²) in [6.45, 7) is 4.64. The first-order chi connectivity index (χ1) is 6.81. The minimum Gasteiger partial charge on any atom is -0.355 e. The maximum absolute atomic E-state index is 4.63. The van der Waals surface area contributed by atoms with Crippen LogP contribution >= 0.6 is 0 Å². The predicted molar refractivity (Wildman–Crippen MR) is 57.5 cm³/mol. The van der Waals surface area contributed by atoms with E-state index in [0.717, 1.165) is 11.8 Å². The van der Waals surface area contributed by atoms with Crippen LogP contribution in [0.5, 0.6) is 0 Å².